The minimum Gasteiger partial charge on any atom is -0.314 e. The molecule has 1 atom stereocenters. The normalized spacial score (nSPS) is 20.2. The molecule has 3 rings (SSSR count). The summed E-state index contributed by atoms with van der Waals surface area (Å²) in [6.45, 7) is 9.15. The number of hydrogen-bond acceptors (Lipinski definition) is 3. The first-order valence-electron chi connectivity index (χ1n) is 8.03. The van der Waals surface area contributed by atoms with Gasteiger partial charge in [-0.2, -0.15) is 0 Å². The smallest absolute Gasteiger partial charge is 0.0734 e. The van der Waals surface area contributed by atoms with Gasteiger partial charge < -0.3 is 5.32 Å². The van der Waals surface area contributed by atoms with Gasteiger partial charge in [0.15, 0.2) is 0 Å². The Bertz CT molecular complexity index is 589. The Balaban J connectivity index is 1.73. The molecule has 2 heterocycles. The molecule has 0 spiro atoms. The maximum Gasteiger partial charge on any atom is 0.0734 e. The number of rotatable bonds is 4. The average Bonchev–Trinajstić information content (AvgIpc) is 2.53. The number of hydrogen-bond donors (Lipinski definition) is 1. The second-order valence-electron chi connectivity index (χ2n) is 6.29. The van der Waals surface area contributed by atoms with Gasteiger partial charge in [-0.15, -0.1) is 0 Å². The zero-order valence-electron chi connectivity index (χ0n) is 13.0. The van der Waals surface area contributed by atoms with Gasteiger partial charge in [-0.3, -0.25) is 9.88 Å². The molecule has 1 aromatic heterocycles. The summed E-state index contributed by atoms with van der Waals surface area (Å²) < 4.78 is 0. The summed E-state index contributed by atoms with van der Waals surface area (Å²) in [7, 11) is 0. The molecule has 1 aromatic carbocycles. The van der Waals surface area contributed by atoms with Crippen LogP contribution in [0.1, 0.15) is 19.4 Å². The fourth-order valence-corrected chi connectivity index (χ4v) is 3.34. The van der Waals surface area contributed by atoms with Crippen LogP contribution in [0, 0.1) is 5.92 Å². The molecule has 0 radical (unpaired) electrons. The van der Waals surface area contributed by atoms with Crippen molar-refractivity contribution >= 4 is 10.9 Å². The third kappa shape index (κ3) is 3.25. The summed E-state index contributed by atoms with van der Waals surface area (Å²) in [6, 6.07) is 11.3. The molecule has 0 amide bonds. The van der Waals surface area contributed by atoms with Crippen LogP contribution < -0.4 is 5.32 Å². The largest absolute Gasteiger partial charge is 0.314 e. The minimum atomic E-state index is 0.654. The van der Waals surface area contributed by atoms with Crippen LogP contribution in [-0.2, 0) is 6.42 Å². The van der Waals surface area contributed by atoms with Crippen LogP contribution in [0.4, 0.5) is 0 Å². The molecule has 3 heteroatoms. The molecule has 3 nitrogen and oxygen atoms in total. The summed E-state index contributed by atoms with van der Waals surface area (Å²) in [5.74, 6) is 0.698. The highest BCUT2D eigenvalue weighted by molar-refractivity contribution is 5.81. The molecule has 21 heavy (non-hydrogen) atoms. The standard InChI is InChI=1S/C18H25N3/c1-14(2)17-13-19-10-12-21(17)11-8-16-6-3-5-15-7-4-9-20-18(15)16/h3-7,9,14,17,19H,8,10-13H2,1-2H3. The lowest BCUT2D eigenvalue weighted by Gasteiger charge is -2.38. The predicted molar refractivity (Wildman–Crippen MR) is 88.5 cm³/mol. The Morgan fingerprint density at radius 2 is 2.14 bits per heavy atom. The van der Waals surface area contributed by atoms with Crippen molar-refractivity contribution in [3.63, 3.8) is 0 Å². The SMILES string of the molecule is CC(C)C1CNCCN1CCc1cccc2cccnc12. The molecular weight excluding hydrogens is 258 g/mol. The molecular formula is C18H25N3. The Kier molecular flexibility index (Phi) is 4.51. The first kappa shape index (κ1) is 14.5. The number of pyridine rings is 1. The van der Waals surface area contributed by atoms with Gasteiger partial charge in [-0.25, -0.2) is 0 Å². The highest BCUT2D eigenvalue weighted by Gasteiger charge is 2.24. The average molecular weight is 283 g/mol. The monoisotopic (exact) mass is 283 g/mol. The summed E-state index contributed by atoms with van der Waals surface area (Å²) in [5.41, 5.74) is 2.53. The van der Waals surface area contributed by atoms with Crippen molar-refractivity contribution in [3.8, 4) is 0 Å². The second kappa shape index (κ2) is 6.54. The van der Waals surface area contributed by atoms with Crippen LogP contribution in [0.3, 0.4) is 0 Å². The molecule has 1 aliphatic rings. The molecule has 0 aliphatic carbocycles. The third-order valence-corrected chi connectivity index (χ3v) is 4.55. The van der Waals surface area contributed by atoms with Crippen LogP contribution >= 0.6 is 0 Å². The molecule has 0 bridgehead atoms. The third-order valence-electron chi connectivity index (χ3n) is 4.55. The lowest BCUT2D eigenvalue weighted by atomic mass is 9.99. The quantitative estimate of drug-likeness (QED) is 0.935. The van der Waals surface area contributed by atoms with Crippen molar-refractivity contribution in [2.75, 3.05) is 26.2 Å². The minimum absolute atomic E-state index is 0.654. The van der Waals surface area contributed by atoms with Gasteiger partial charge in [0.1, 0.15) is 0 Å². The second-order valence-corrected chi connectivity index (χ2v) is 6.29. The van der Waals surface area contributed by atoms with Gasteiger partial charge in [0, 0.05) is 43.8 Å². The van der Waals surface area contributed by atoms with Crippen LogP contribution in [0.5, 0.6) is 0 Å². The van der Waals surface area contributed by atoms with E-state index in [-0.39, 0.29) is 0 Å². The van der Waals surface area contributed by atoms with E-state index in [1.54, 1.807) is 0 Å². The van der Waals surface area contributed by atoms with Crippen molar-refractivity contribution in [2.45, 2.75) is 26.3 Å². The first-order valence-corrected chi connectivity index (χ1v) is 8.03. The summed E-state index contributed by atoms with van der Waals surface area (Å²) in [6.07, 6.45) is 2.98. The number of nitrogens with zero attached hydrogens (tertiary/aromatic N) is 2. The molecule has 1 N–H and O–H groups in total. The fraction of sp³-hybridized carbons (Fsp3) is 0.500. The lowest BCUT2D eigenvalue weighted by molar-refractivity contribution is 0.126. The van der Waals surface area contributed by atoms with E-state index in [0.29, 0.717) is 12.0 Å². The van der Waals surface area contributed by atoms with E-state index in [4.69, 9.17) is 0 Å². The Hall–Kier alpha value is -1.45. The molecule has 1 fully saturated rings. The number of aromatic nitrogens is 1. The van der Waals surface area contributed by atoms with Gasteiger partial charge in [-0.05, 0) is 24.0 Å². The van der Waals surface area contributed by atoms with Crippen molar-refractivity contribution in [1.29, 1.82) is 0 Å². The maximum absolute atomic E-state index is 4.57. The number of nitrogens with one attached hydrogen (secondary N) is 1. The van der Waals surface area contributed by atoms with Crippen molar-refractivity contribution in [1.82, 2.24) is 15.2 Å². The molecule has 0 saturated carbocycles. The van der Waals surface area contributed by atoms with Gasteiger partial charge in [0.2, 0.25) is 0 Å². The number of para-hydroxylation sites is 1. The molecule has 1 saturated heterocycles. The van der Waals surface area contributed by atoms with Gasteiger partial charge in [-0.1, -0.05) is 38.1 Å². The Morgan fingerprint density at radius 1 is 1.29 bits per heavy atom. The lowest BCUT2D eigenvalue weighted by Crippen LogP contribution is -2.53. The maximum atomic E-state index is 4.57. The number of fused-ring (bicyclic) bond motifs is 1. The Morgan fingerprint density at radius 3 is 3.00 bits per heavy atom. The van der Waals surface area contributed by atoms with Crippen molar-refractivity contribution in [3.05, 3.63) is 42.1 Å². The molecule has 1 unspecified atom stereocenters. The predicted octanol–water partition coefficient (Wildman–Crippen LogP) is 2.71. The van der Waals surface area contributed by atoms with E-state index >= 15 is 0 Å². The number of benzene rings is 1. The van der Waals surface area contributed by atoms with E-state index in [1.807, 2.05) is 12.3 Å². The molecule has 2 aromatic rings. The Labute approximate surface area is 127 Å². The van der Waals surface area contributed by atoms with Crippen molar-refractivity contribution in [2.24, 2.45) is 5.92 Å². The zero-order valence-corrected chi connectivity index (χ0v) is 13.0. The van der Waals surface area contributed by atoms with Crippen molar-refractivity contribution < 1.29 is 0 Å². The van der Waals surface area contributed by atoms with E-state index in [2.05, 4.69) is 53.3 Å². The first-order chi connectivity index (χ1) is 10.3. The summed E-state index contributed by atoms with van der Waals surface area (Å²) >= 11 is 0. The van der Waals surface area contributed by atoms with Gasteiger partial charge >= 0.3 is 0 Å². The highest BCUT2D eigenvalue weighted by Crippen LogP contribution is 2.18. The fourth-order valence-electron chi connectivity index (χ4n) is 3.34. The van der Waals surface area contributed by atoms with E-state index < -0.39 is 0 Å². The molecule has 112 valence electrons. The van der Waals surface area contributed by atoms with Gasteiger partial charge in [0.05, 0.1) is 5.52 Å². The van der Waals surface area contributed by atoms with Crippen LogP contribution in [-0.4, -0.2) is 42.1 Å². The summed E-state index contributed by atoms with van der Waals surface area (Å²) in [5, 5.41) is 4.77. The molecule has 1 aliphatic heterocycles. The number of piperazine rings is 1. The van der Waals surface area contributed by atoms with Crippen LogP contribution in [0.2, 0.25) is 0 Å². The van der Waals surface area contributed by atoms with Crippen LogP contribution in [0.25, 0.3) is 10.9 Å². The summed E-state index contributed by atoms with van der Waals surface area (Å²) in [4.78, 5) is 7.21. The van der Waals surface area contributed by atoms with Gasteiger partial charge in [0.25, 0.3) is 0 Å². The van der Waals surface area contributed by atoms with Crippen LogP contribution in [0.15, 0.2) is 36.5 Å². The van der Waals surface area contributed by atoms with E-state index in [0.717, 1.165) is 38.1 Å². The van der Waals surface area contributed by atoms with E-state index in [1.165, 1.54) is 10.9 Å². The zero-order chi connectivity index (χ0) is 14.7. The highest BCUT2D eigenvalue weighted by atomic mass is 15.2. The van der Waals surface area contributed by atoms with E-state index in [9.17, 15) is 0 Å². The topological polar surface area (TPSA) is 28.2 Å².